The van der Waals surface area contributed by atoms with Crippen LogP contribution in [0.25, 0.3) is 21.6 Å². The number of nitrogens with zero attached hydrogens (tertiary/aromatic N) is 1. The summed E-state index contributed by atoms with van der Waals surface area (Å²) in [5.41, 5.74) is 4.03. The van der Waals surface area contributed by atoms with Crippen molar-refractivity contribution in [2.24, 2.45) is 0 Å². The fourth-order valence-electron chi connectivity index (χ4n) is 2.79. The number of amides is 1. The summed E-state index contributed by atoms with van der Waals surface area (Å²) in [5.74, 6) is -0.0724. The summed E-state index contributed by atoms with van der Waals surface area (Å²) in [6.45, 7) is 2.58. The van der Waals surface area contributed by atoms with E-state index in [-0.39, 0.29) is 5.91 Å². The first kappa shape index (κ1) is 15.6. The third-order valence-electron chi connectivity index (χ3n) is 4.13. The van der Waals surface area contributed by atoms with Crippen LogP contribution in [0.3, 0.4) is 0 Å². The zero-order valence-electron chi connectivity index (χ0n) is 13.7. The van der Waals surface area contributed by atoms with E-state index >= 15 is 0 Å². The summed E-state index contributed by atoms with van der Waals surface area (Å²) < 4.78 is 0. The molecule has 0 bridgehead atoms. The van der Waals surface area contributed by atoms with Gasteiger partial charge in [0.1, 0.15) is 5.01 Å². The second kappa shape index (κ2) is 6.53. The van der Waals surface area contributed by atoms with Crippen molar-refractivity contribution >= 4 is 28.1 Å². The maximum Gasteiger partial charge on any atom is 0.251 e. The van der Waals surface area contributed by atoms with Gasteiger partial charge in [-0.1, -0.05) is 30.3 Å². The lowest BCUT2D eigenvalue weighted by Crippen LogP contribution is -2.22. The molecule has 0 unspecified atom stereocenters. The molecule has 1 amide bonds. The molecule has 0 atom stereocenters. The first-order chi connectivity index (χ1) is 12.2. The molecule has 5 heteroatoms. The Morgan fingerprint density at radius 1 is 1.16 bits per heavy atom. The number of carbonyl (C=O) groups excluding carboxylic acids is 1. The lowest BCUT2D eigenvalue weighted by atomic mass is 10.1. The van der Waals surface area contributed by atoms with E-state index in [0.29, 0.717) is 12.1 Å². The summed E-state index contributed by atoms with van der Waals surface area (Å²) in [6, 6.07) is 17.6. The summed E-state index contributed by atoms with van der Waals surface area (Å²) in [6.07, 6.45) is 1.82. The van der Waals surface area contributed by atoms with E-state index in [1.54, 1.807) is 23.5 Å². The van der Waals surface area contributed by atoms with Crippen LogP contribution in [0.1, 0.15) is 20.8 Å². The minimum Gasteiger partial charge on any atom is -0.353 e. The maximum atomic E-state index is 12.1. The number of aromatic nitrogens is 2. The molecule has 0 spiro atoms. The molecule has 4 aromatic rings. The second-order valence-electron chi connectivity index (χ2n) is 5.90. The monoisotopic (exact) mass is 347 g/mol. The number of aryl methyl sites for hydroxylation is 1. The van der Waals surface area contributed by atoms with Gasteiger partial charge < -0.3 is 10.3 Å². The fourth-order valence-corrected chi connectivity index (χ4v) is 3.62. The van der Waals surface area contributed by atoms with Crippen LogP contribution in [0.15, 0.2) is 60.8 Å². The number of fused-ring (bicyclic) bond motifs is 1. The Hall–Kier alpha value is -2.92. The van der Waals surface area contributed by atoms with Gasteiger partial charge in [0.05, 0.1) is 12.2 Å². The summed E-state index contributed by atoms with van der Waals surface area (Å²) in [7, 11) is 0. The number of hydrogen-bond acceptors (Lipinski definition) is 3. The van der Waals surface area contributed by atoms with E-state index in [1.165, 1.54) is 10.9 Å². The lowest BCUT2D eigenvalue weighted by Gasteiger charge is -2.02. The highest BCUT2D eigenvalue weighted by Crippen LogP contribution is 2.29. The molecule has 0 aliphatic heterocycles. The molecule has 0 saturated heterocycles. The largest absolute Gasteiger partial charge is 0.353 e. The molecule has 2 N–H and O–H groups in total. The van der Waals surface area contributed by atoms with E-state index < -0.39 is 0 Å². The van der Waals surface area contributed by atoms with Gasteiger partial charge in [-0.3, -0.25) is 4.79 Å². The SMILES string of the molecule is Cc1cccc2[nH]c(-c3ncc(CNC(=O)c4ccccc4)s3)cc12. The van der Waals surface area contributed by atoms with Gasteiger partial charge >= 0.3 is 0 Å². The summed E-state index contributed by atoms with van der Waals surface area (Å²) in [5, 5.41) is 5.08. The summed E-state index contributed by atoms with van der Waals surface area (Å²) >= 11 is 1.59. The molecule has 2 heterocycles. The number of benzene rings is 2. The minimum atomic E-state index is -0.0724. The molecule has 0 saturated carbocycles. The van der Waals surface area contributed by atoms with Crippen LogP contribution in [0.5, 0.6) is 0 Å². The minimum absolute atomic E-state index is 0.0724. The molecule has 2 aromatic carbocycles. The molecular formula is C20H17N3OS. The lowest BCUT2D eigenvalue weighted by molar-refractivity contribution is 0.0951. The molecule has 2 aromatic heterocycles. The number of aromatic amines is 1. The number of carbonyl (C=O) groups is 1. The van der Waals surface area contributed by atoms with Crippen molar-refractivity contribution in [1.29, 1.82) is 0 Å². The average Bonchev–Trinajstić information content (AvgIpc) is 3.28. The van der Waals surface area contributed by atoms with Crippen LogP contribution in [0, 0.1) is 6.92 Å². The van der Waals surface area contributed by atoms with Gasteiger partial charge in [0.2, 0.25) is 0 Å². The molecule has 25 heavy (non-hydrogen) atoms. The number of hydrogen-bond donors (Lipinski definition) is 2. The van der Waals surface area contributed by atoms with E-state index in [9.17, 15) is 4.79 Å². The Bertz CT molecular complexity index is 1030. The van der Waals surface area contributed by atoms with Crippen molar-refractivity contribution < 1.29 is 4.79 Å². The predicted molar refractivity (Wildman–Crippen MR) is 102 cm³/mol. The van der Waals surface area contributed by atoms with E-state index in [2.05, 4.69) is 40.4 Å². The predicted octanol–water partition coefficient (Wildman–Crippen LogP) is 4.53. The van der Waals surface area contributed by atoms with Crippen molar-refractivity contribution in [3.8, 4) is 10.7 Å². The Morgan fingerprint density at radius 2 is 2.00 bits per heavy atom. The Balaban J connectivity index is 1.50. The fraction of sp³-hybridized carbons (Fsp3) is 0.100. The van der Waals surface area contributed by atoms with Gasteiger partial charge in [-0.2, -0.15) is 0 Å². The van der Waals surface area contributed by atoms with E-state index in [0.717, 1.165) is 21.1 Å². The highest BCUT2D eigenvalue weighted by molar-refractivity contribution is 7.15. The Kier molecular flexibility index (Phi) is 4.07. The van der Waals surface area contributed by atoms with Crippen molar-refractivity contribution in [3.63, 3.8) is 0 Å². The van der Waals surface area contributed by atoms with Crippen molar-refractivity contribution in [2.45, 2.75) is 13.5 Å². The van der Waals surface area contributed by atoms with Crippen LogP contribution in [-0.4, -0.2) is 15.9 Å². The smallest absolute Gasteiger partial charge is 0.251 e. The normalized spacial score (nSPS) is 10.9. The molecule has 4 rings (SSSR count). The molecular weight excluding hydrogens is 330 g/mol. The van der Waals surface area contributed by atoms with Crippen molar-refractivity contribution in [3.05, 3.63) is 76.8 Å². The van der Waals surface area contributed by atoms with Gasteiger partial charge in [-0.25, -0.2) is 4.98 Å². The standard InChI is InChI=1S/C20H17N3OS/c1-13-6-5-9-17-16(13)10-18(23-17)20-22-12-15(25-20)11-21-19(24)14-7-3-2-4-8-14/h2-10,12,23H,11H2,1H3,(H,21,24). The highest BCUT2D eigenvalue weighted by Gasteiger charge is 2.10. The first-order valence-electron chi connectivity index (χ1n) is 8.07. The second-order valence-corrected chi connectivity index (χ2v) is 7.01. The van der Waals surface area contributed by atoms with Gasteiger partial charge in [-0.05, 0) is 36.8 Å². The average molecular weight is 347 g/mol. The van der Waals surface area contributed by atoms with Crippen molar-refractivity contribution in [1.82, 2.24) is 15.3 Å². The van der Waals surface area contributed by atoms with Crippen LogP contribution in [0.4, 0.5) is 0 Å². The third-order valence-corrected chi connectivity index (χ3v) is 5.16. The number of rotatable bonds is 4. The number of thiazole rings is 1. The third kappa shape index (κ3) is 3.19. The van der Waals surface area contributed by atoms with Gasteiger partial charge in [-0.15, -0.1) is 11.3 Å². The zero-order valence-corrected chi connectivity index (χ0v) is 14.6. The van der Waals surface area contributed by atoms with E-state index in [1.807, 2.05) is 30.5 Å². The number of nitrogens with one attached hydrogen (secondary N) is 2. The molecule has 4 nitrogen and oxygen atoms in total. The Labute approximate surface area is 149 Å². The van der Waals surface area contributed by atoms with Crippen LogP contribution in [-0.2, 0) is 6.54 Å². The van der Waals surface area contributed by atoms with E-state index in [4.69, 9.17) is 0 Å². The number of H-pyrrole nitrogens is 1. The molecule has 0 aliphatic carbocycles. The molecule has 0 aliphatic rings. The van der Waals surface area contributed by atoms with Gasteiger partial charge in [0.25, 0.3) is 5.91 Å². The topological polar surface area (TPSA) is 57.8 Å². The Morgan fingerprint density at radius 3 is 2.80 bits per heavy atom. The zero-order chi connectivity index (χ0) is 17.2. The maximum absolute atomic E-state index is 12.1. The quantitative estimate of drug-likeness (QED) is 0.570. The van der Waals surface area contributed by atoms with Crippen LogP contribution in [0.2, 0.25) is 0 Å². The molecule has 0 radical (unpaired) electrons. The summed E-state index contributed by atoms with van der Waals surface area (Å²) in [4.78, 5) is 21.1. The first-order valence-corrected chi connectivity index (χ1v) is 8.89. The van der Waals surface area contributed by atoms with Crippen molar-refractivity contribution in [2.75, 3.05) is 0 Å². The van der Waals surface area contributed by atoms with Crippen LogP contribution < -0.4 is 5.32 Å². The van der Waals surface area contributed by atoms with Gasteiger partial charge in [0.15, 0.2) is 0 Å². The molecule has 124 valence electrons. The highest BCUT2D eigenvalue weighted by atomic mass is 32.1. The van der Waals surface area contributed by atoms with Gasteiger partial charge in [0, 0.05) is 27.5 Å². The molecule has 0 fully saturated rings. The van der Waals surface area contributed by atoms with Crippen LogP contribution >= 0.6 is 11.3 Å².